The Labute approximate surface area is 137 Å². The molecule has 6 nitrogen and oxygen atoms in total. The molecule has 0 saturated carbocycles. The molecule has 0 spiro atoms. The van der Waals surface area contributed by atoms with Gasteiger partial charge in [-0.25, -0.2) is 9.97 Å². The summed E-state index contributed by atoms with van der Waals surface area (Å²) in [6.45, 7) is 2.09. The molecule has 0 aliphatic carbocycles. The molecular weight excluding hydrogens is 288 g/mol. The summed E-state index contributed by atoms with van der Waals surface area (Å²) < 4.78 is 0. The van der Waals surface area contributed by atoms with E-state index in [2.05, 4.69) is 24.8 Å². The summed E-state index contributed by atoms with van der Waals surface area (Å²) in [6, 6.07) is 0. The van der Waals surface area contributed by atoms with E-state index in [0.717, 1.165) is 43.3 Å². The van der Waals surface area contributed by atoms with E-state index in [1.807, 2.05) is 37.6 Å². The average Bonchev–Trinajstić information content (AvgIpc) is 2.82. The van der Waals surface area contributed by atoms with E-state index >= 15 is 0 Å². The van der Waals surface area contributed by atoms with Gasteiger partial charge >= 0.3 is 0 Å². The summed E-state index contributed by atoms with van der Waals surface area (Å²) in [6.07, 6.45) is 13.7. The predicted octanol–water partition coefficient (Wildman–Crippen LogP) is 2.18. The van der Waals surface area contributed by atoms with Crippen LogP contribution in [0.5, 0.6) is 0 Å². The van der Waals surface area contributed by atoms with Crippen LogP contribution in [0.3, 0.4) is 0 Å². The second-order valence-corrected chi connectivity index (χ2v) is 6.31. The number of nitrogens with zero attached hydrogens (tertiary/aromatic N) is 6. The molecule has 6 heteroatoms. The van der Waals surface area contributed by atoms with Crippen molar-refractivity contribution in [1.82, 2.24) is 19.9 Å². The van der Waals surface area contributed by atoms with Gasteiger partial charge in [-0.05, 0) is 31.6 Å². The van der Waals surface area contributed by atoms with Crippen LogP contribution in [-0.2, 0) is 6.42 Å². The smallest absolute Gasteiger partial charge is 0.147 e. The molecule has 0 unspecified atom stereocenters. The minimum atomic E-state index is 0.663. The van der Waals surface area contributed by atoms with Crippen LogP contribution in [-0.4, -0.2) is 47.1 Å². The molecule has 2 aromatic rings. The summed E-state index contributed by atoms with van der Waals surface area (Å²) in [5, 5.41) is 0. The molecule has 0 N–H and O–H groups in total. The summed E-state index contributed by atoms with van der Waals surface area (Å²) in [4.78, 5) is 21.9. The highest BCUT2D eigenvalue weighted by atomic mass is 15.2. The lowest BCUT2D eigenvalue weighted by molar-refractivity contribution is 0.466. The third-order valence-electron chi connectivity index (χ3n) is 4.37. The molecule has 0 aromatic carbocycles. The second-order valence-electron chi connectivity index (χ2n) is 6.31. The lowest BCUT2D eigenvalue weighted by atomic mass is 9.95. The molecule has 0 radical (unpaired) electrons. The fourth-order valence-electron chi connectivity index (χ4n) is 3.03. The molecule has 1 fully saturated rings. The maximum absolute atomic E-state index is 4.56. The zero-order valence-corrected chi connectivity index (χ0v) is 13.9. The van der Waals surface area contributed by atoms with Gasteiger partial charge in [-0.3, -0.25) is 9.97 Å². The first kappa shape index (κ1) is 15.6. The second kappa shape index (κ2) is 7.35. The van der Waals surface area contributed by atoms with Crippen LogP contribution in [0.15, 0.2) is 31.0 Å². The van der Waals surface area contributed by atoms with Crippen molar-refractivity contribution in [2.45, 2.75) is 25.7 Å². The Kier molecular flexibility index (Phi) is 5.00. The third-order valence-corrected chi connectivity index (χ3v) is 4.37. The summed E-state index contributed by atoms with van der Waals surface area (Å²) in [7, 11) is 3.96. The maximum atomic E-state index is 4.56. The molecule has 1 aliphatic heterocycles. The Balaban J connectivity index is 1.58. The third kappa shape index (κ3) is 4.15. The molecule has 2 aromatic heterocycles. The molecule has 1 aliphatic rings. The summed E-state index contributed by atoms with van der Waals surface area (Å²) in [5.74, 6) is 2.56. The monoisotopic (exact) mass is 312 g/mol. The summed E-state index contributed by atoms with van der Waals surface area (Å²) >= 11 is 0. The molecule has 3 heterocycles. The van der Waals surface area contributed by atoms with Crippen molar-refractivity contribution in [3.8, 4) is 0 Å². The standard InChI is InChI=1S/C17H24N6/c1-22(2)16-13-20-15(11-21-16)10-14-4-3-8-23(9-5-14)17-12-18-6-7-19-17/h6-7,11-14H,3-5,8-10H2,1-2H3/t14-/m0/s1. The van der Waals surface area contributed by atoms with Crippen molar-refractivity contribution < 1.29 is 0 Å². The predicted molar refractivity (Wildman–Crippen MR) is 91.6 cm³/mol. The normalized spacial score (nSPS) is 18.5. The van der Waals surface area contributed by atoms with Crippen LogP contribution >= 0.6 is 0 Å². The first-order valence-electron chi connectivity index (χ1n) is 8.21. The highest BCUT2D eigenvalue weighted by Crippen LogP contribution is 2.23. The van der Waals surface area contributed by atoms with Gasteiger partial charge in [0.1, 0.15) is 11.6 Å². The van der Waals surface area contributed by atoms with Crippen molar-refractivity contribution in [2.24, 2.45) is 5.92 Å². The fraction of sp³-hybridized carbons (Fsp3) is 0.529. The van der Waals surface area contributed by atoms with Gasteiger partial charge in [-0.2, -0.15) is 0 Å². The maximum Gasteiger partial charge on any atom is 0.147 e. The van der Waals surface area contributed by atoms with Crippen LogP contribution in [0.25, 0.3) is 0 Å². The molecule has 1 atom stereocenters. The van der Waals surface area contributed by atoms with Crippen molar-refractivity contribution in [3.05, 3.63) is 36.7 Å². The molecule has 23 heavy (non-hydrogen) atoms. The van der Waals surface area contributed by atoms with E-state index in [-0.39, 0.29) is 0 Å². The van der Waals surface area contributed by atoms with Crippen molar-refractivity contribution >= 4 is 11.6 Å². The SMILES string of the molecule is CN(C)c1cnc(C[C@H]2CCCN(c3cnccn3)CC2)cn1. The molecule has 0 bridgehead atoms. The number of aromatic nitrogens is 4. The van der Waals surface area contributed by atoms with Gasteiger partial charge in [0.25, 0.3) is 0 Å². The van der Waals surface area contributed by atoms with Crippen LogP contribution in [0, 0.1) is 5.92 Å². The van der Waals surface area contributed by atoms with E-state index in [1.54, 1.807) is 12.4 Å². The Morgan fingerprint density at radius 2 is 1.96 bits per heavy atom. The zero-order valence-electron chi connectivity index (χ0n) is 13.9. The lowest BCUT2D eigenvalue weighted by Gasteiger charge is -2.21. The van der Waals surface area contributed by atoms with Gasteiger partial charge in [0.2, 0.25) is 0 Å². The highest BCUT2D eigenvalue weighted by molar-refractivity contribution is 5.35. The minimum Gasteiger partial charge on any atom is -0.361 e. The van der Waals surface area contributed by atoms with Crippen molar-refractivity contribution in [1.29, 1.82) is 0 Å². The average molecular weight is 312 g/mol. The van der Waals surface area contributed by atoms with Crippen LogP contribution in [0.4, 0.5) is 11.6 Å². The largest absolute Gasteiger partial charge is 0.361 e. The Bertz CT molecular complexity index is 598. The van der Waals surface area contributed by atoms with E-state index in [4.69, 9.17) is 0 Å². The van der Waals surface area contributed by atoms with E-state index < -0.39 is 0 Å². The molecular formula is C17H24N6. The molecule has 122 valence electrons. The quantitative estimate of drug-likeness (QED) is 0.862. The Morgan fingerprint density at radius 1 is 1.04 bits per heavy atom. The van der Waals surface area contributed by atoms with Crippen LogP contribution in [0.2, 0.25) is 0 Å². The Morgan fingerprint density at radius 3 is 2.65 bits per heavy atom. The topological polar surface area (TPSA) is 58.0 Å². The lowest BCUT2D eigenvalue weighted by Crippen LogP contribution is -2.25. The van der Waals surface area contributed by atoms with E-state index in [1.165, 1.54) is 12.8 Å². The van der Waals surface area contributed by atoms with Crippen LogP contribution < -0.4 is 9.80 Å². The molecule has 0 amide bonds. The van der Waals surface area contributed by atoms with Crippen molar-refractivity contribution in [3.63, 3.8) is 0 Å². The van der Waals surface area contributed by atoms with Gasteiger partial charge in [-0.1, -0.05) is 0 Å². The van der Waals surface area contributed by atoms with E-state index in [0.29, 0.717) is 5.92 Å². The van der Waals surface area contributed by atoms with Gasteiger partial charge in [0.05, 0.1) is 24.3 Å². The number of anilines is 2. The molecule has 3 rings (SSSR count). The highest BCUT2D eigenvalue weighted by Gasteiger charge is 2.19. The number of hydrogen-bond acceptors (Lipinski definition) is 6. The van der Waals surface area contributed by atoms with E-state index in [9.17, 15) is 0 Å². The Hall–Kier alpha value is -2.24. The summed E-state index contributed by atoms with van der Waals surface area (Å²) in [5.41, 5.74) is 1.09. The van der Waals surface area contributed by atoms with Crippen molar-refractivity contribution in [2.75, 3.05) is 37.0 Å². The van der Waals surface area contributed by atoms with Gasteiger partial charge in [-0.15, -0.1) is 0 Å². The number of hydrogen-bond donors (Lipinski definition) is 0. The van der Waals surface area contributed by atoms with Gasteiger partial charge < -0.3 is 9.80 Å². The number of rotatable bonds is 4. The van der Waals surface area contributed by atoms with Gasteiger partial charge in [0, 0.05) is 39.6 Å². The first-order chi connectivity index (χ1) is 11.2. The van der Waals surface area contributed by atoms with Gasteiger partial charge in [0.15, 0.2) is 0 Å². The molecule has 1 saturated heterocycles. The first-order valence-corrected chi connectivity index (χ1v) is 8.21. The minimum absolute atomic E-state index is 0.663. The fourth-order valence-corrected chi connectivity index (χ4v) is 3.03. The zero-order chi connectivity index (χ0) is 16.1. The van der Waals surface area contributed by atoms with Crippen LogP contribution in [0.1, 0.15) is 25.0 Å².